The van der Waals surface area contributed by atoms with Gasteiger partial charge in [-0.1, -0.05) is 151 Å². The number of ether oxygens (including phenoxy) is 4. The molecule has 0 atom stereocenters. The first-order valence-corrected chi connectivity index (χ1v) is 25.9. The van der Waals surface area contributed by atoms with Gasteiger partial charge in [0.15, 0.2) is 0 Å². The van der Waals surface area contributed by atoms with Gasteiger partial charge in [0, 0.05) is 11.4 Å². The Hall–Kier alpha value is -7.56. The molecule has 4 N–H and O–H groups in total. The summed E-state index contributed by atoms with van der Waals surface area (Å²) in [5.41, 5.74) is 20.5. The van der Waals surface area contributed by atoms with Crippen molar-refractivity contribution in [2.45, 2.75) is 116 Å². The van der Waals surface area contributed by atoms with E-state index in [0.717, 1.165) is 111 Å². The third-order valence-corrected chi connectivity index (χ3v) is 12.8. The van der Waals surface area contributed by atoms with Crippen molar-refractivity contribution in [2.24, 2.45) is 0 Å². The highest BCUT2D eigenvalue weighted by atomic mass is 16.5. The van der Waals surface area contributed by atoms with E-state index in [1.807, 2.05) is 97.1 Å². The molecule has 0 radical (unpaired) electrons. The second-order valence-electron chi connectivity index (χ2n) is 18.4. The van der Waals surface area contributed by atoms with Gasteiger partial charge in [-0.3, -0.25) is 0 Å². The van der Waals surface area contributed by atoms with Crippen LogP contribution in [0.4, 0.5) is 11.4 Å². The van der Waals surface area contributed by atoms with Gasteiger partial charge in [0.25, 0.3) is 0 Å². The van der Waals surface area contributed by atoms with E-state index in [9.17, 15) is 9.59 Å². The Kier molecular flexibility index (Phi) is 22.6. The number of anilines is 2. The van der Waals surface area contributed by atoms with Crippen LogP contribution >= 0.6 is 0 Å². The Morgan fingerprint density at radius 3 is 0.944 bits per heavy atom. The zero-order valence-corrected chi connectivity index (χ0v) is 41.8. The van der Waals surface area contributed by atoms with Crippen molar-refractivity contribution in [2.75, 3.05) is 37.9 Å². The maximum absolute atomic E-state index is 13.4. The van der Waals surface area contributed by atoms with Crippen LogP contribution in [0.1, 0.15) is 147 Å². The number of nitriles is 2. The van der Waals surface area contributed by atoms with Crippen LogP contribution in [0.2, 0.25) is 0 Å². The highest BCUT2D eigenvalue weighted by Crippen LogP contribution is 2.32. The van der Waals surface area contributed by atoms with E-state index in [1.165, 1.54) is 38.5 Å². The SMILES string of the molecule is N#Cc1ccc(-c2ccc(OCCCCCCCCCCCOC(=O)c3cc(N)ccc3-c3ccc(N)cc3C(=O)OCCCCCCCCCCCOc3ccc(-c4ccc(C#N)cc4)cc3)cc2)cc1. The van der Waals surface area contributed by atoms with Crippen LogP contribution in [0.25, 0.3) is 33.4 Å². The van der Waals surface area contributed by atoms with Crippen LogP contribution in [0.5, 0.6) is 11.5 Å². The lowest BCUT2D eigenvalue weighted by molar-refractivity contribution is 0.0486. The highest BCUT2D eigenvalue weighted by Gasteiger charge is 2.21. The summed E-state index contributed by atoms with van der Waals surface area (Å²) in [5, 5.41) is 18.0. The van der Waals surface area contributed by atoms with Crippen molar-refractivity contribution in [1.29, 1.82) is 10.5 Å². The van der Waals surface area contributed by atoms with E-state index in [4.69, 9.17) is 40.9 Å². The summed E-state index contributed by atoms with van der Waals surface area (Å²) in [6.07, 6.45) is 19.3. The molecule has 374 valence electrons. The topological polar surface area (TPSA) is 171 Å². The summed E-state index contributed by atoms with van der Waals surface area (Å²) in [5.74, 6) is 0.776. The summed E-state index contributed by atoms with van der Waals surface area (Å²) >= 11 is 0. The summed E-state index contributed by atoms with van der Waals surface area (Å²) in [6.45, 7) is 2.01. The normalized spacial score (nSPS) is 10.8. The van der Waals surface area contributed by atoms with Crippen molar-refractivity contribution >= 4 is 23.3 Å². The Labute approximate surface area is 426 Å². The third kappa shape index (κ3) is 18.0. The molecular weight excluding hydrogens is 897 g/mol. The molecule has 0 heterocycles. The predicted octanol–water partition coefficient (Wildman–Crippen LogP) is 15.1. The number of esters is 2. The molecule has 6 aromatic rings. The molecule has 0 fully saturated rings. The number of hydrogen-bond acceptors (Lipinski definition) is 10. The van der Waals surface area contributed by atoms with Crippen LogP contribution in [-0.4, -0.2) is 38.4 Å². The van der Waals surface area contributed by atoms with Crippen molar-refractivity contribution < 1.29 is 28.5 Å². The summed E-state index contributed by atoms with van der Waals surface area (Å²) in [4.78, 5) is 26.9. The first kappa shape index (κ1) is 53.8. The minimum atomic E-state index is -0.480. The second-order valence-corrected chi connectivity index (χ2v) is 18.4. The zero-order chi connectivity index (χ0) is 50.6. The number of hydrogen-bond donors (Lipinski definition) is 2. The summed E-state index contributed by atoms with van der Waals surface area (Å²) in [6, 6.07) is 45.8. The number of rotatable bonds is 31. The standard InChI is InChI=1S/C62H70N4O6/c63-45-47-19-23-49(24-20-47)51-27-33-55(34-28-51)69-39-15-11-7-3-1-5-9-13-17-41-71-61(67)59-43-53(65)31-37-57(59)58-38-32-54(66)44-60(58)62(68)72-42-18-14-10-6-2-4-8-12-16-40-70-56-35-29-52(30-36-56)50-25-21-48(46-64)22-26-50/h19-38,43-44H,1-18,39-42,65-66H2. The van der Waals surface area contributed by atoms with E-state index in [2.05, 4.69) is 12.1 Å². The smallest absolute Gasteiger partial charge is 0.338 e. The third-order valence-electron chi connectivity index (χ3n) is 12.8. The maximum Gasteiger partial charge on any atom is 0.338 e. The quantitative estimate of drug-likeness (QED) is 0.0243. The van der Waals surface area contributed by atoms with Crippen LogP contribution in [0, 0.1) is 22.7 Å². The van der Waals surface area contributed by atoms with Gasteiger partial charge in [0.2, 0.25) is 0 Å². The minimum absolute atomic E-state index is 0.300. The fourth-order valence-corrected chi connectivity index (χ4v) is 8.64. The number of nitrogens with zero attached hydrogens (tertiary/aromatic N) is 2. The molecule has 0 unspecified atom stereocenters. The Bertz CT molecular complexity index is 2480. The van der Waals surface area contributed by atoms with Gasteiger partial charge in [-0.15, -0.1) is 0 Å². The molecule has 0 spiro atoms. The van der Waals surface area contributed by atoms with E-state index >= 15 is 0 Å². The van der Waals surface area contributed by atoms with Gasteiger partial charge in [0.05, 0.1) is 60.8 Å². The number of nitrogens with two attached hydrogens (primary N) is 2. The lowest BCUT2D eigenvalue weighted by Crippen LogP contribution is -2.12. The first-order valence-electron chi connectivity index (χ1n) is 25.9. The van der Waals surface area contributed by atoms with E-state index in [-0.39, 0.29) is 0 Å². The largest absolute Gasteiger partial charge is 0.494 e. The molecule has 0 aromatic heterocycles. The first-order chi connectivity index (χ1) is 35.3. The average molecular weight is 967 g/mol. The Balaban J connectivity index is 0.787. The molecule has 10 nitrogen and oxygen atoms in total. The molecule has 0 amide bonds. The molecule has 0 bridgehead atoms. The van der Waals surface area contributed by atoms with Crippen molar-refractivity contribution in [1.82, 2.24) is 0 Å². The fraction of sp³-hybridized carbons (Fsp3) is 0.355. The van der Waals surface area contributed by atoms with Gasteiger partial charge in [-0.2, -0.15) is 10.5 Å². The second kappa shape index (κ2) is 30.2. The van der Waals surface area contributed by atoms with Crippen molar-refractivity contribution in [3.05, 3.63) is 156 Å². The molecule has 6 aromatic carbocycles. The van der Waals surface area contributed by atoms with Gasteiger partial charge >= 0.3 is 11.9 Å². The summed E-state index contributed by atoms with van der Waals surface area (Å²) in [7, 11) is 0. The fourth-order valence-electron chi connectivity index (χ4n) is 8.64. The number of carbonyl (C=O) groups excluding carboxylic acids is 2. The van der Waals surface area contributed by atoms with Crippen LogP contribution in [0.15, 0.2) is 133 Å². The monoisotopic (exact) mass is 967 g/mol. The number of carbonyl (C=O) groups is 2. The summed E-state index contributed by atoms with van der Waals surface area (Å²) < 4.78 is 23.4. The van der Waals surface area contributed by atoms with Crippen molar-refractivity contribution in [3.63, 3.8) is 0 Å². The molecule has 10 heteroatoms. The molecule has 72 heavy (non-hydrogen) atoms. The lowest BCUT2D eigenvalue weighted by Gasteiger charge is -2.15. The zero-order valence-electron chi connectivity index (χ0n) is 41.8. The van der Waals surface area contributed by atoms with Crippen LogP contribution < -0.4 is 20.9 Å². The Morgan fingerprint density at radius 2 is 0.639 bits per heavy atom. The molecule has 0 aliphatic heterocycles. The maximum atomic E-state index is 13.4. The lowest BCUT2D eigenvalue weighted by atomic mass is 9.94. The van der Waals surface area contributed by atoms with Crippen LogP contribution in [0.3, 0.4) is 0 Å². The molecular formula is C62H70N4O6. The molecule has 0 aliphatic carbocycles. The van der Waals surface area contributed by atoms with Gasteiger partial charge in [-0.05, 0) is 132 Å². The molecule has 6 rings (SSSR count). The average Bonchev–Trinajstić information content (AvgIpc) is 3.41. The van der Waals surface area contributed by atoms with E-state index < -0.39 is 11.9 Å². The predicted molar refractivity (Wildman–Crippen MR) is 289 cm³/mol. The highest BCUT2D eigenvalue weighted by molar-refractivity contribution is 6.04. The number of unbranched alkanes of at least 4 members (excludes halogenated alkanes) is 16. The van der Waals surface area contributed by atoms with Gasteiger partial charge in [-0.25, -0.2) is 9.59 Å². The molecule has 0 saturated carbocycles. The van der Waals surface area contributed by atoms with Crippen molar-refractivity contribution in [3.8, 4) is 57.0 Å². The van der Waals surface area contributed by atoms with E-state index in [1.54, 1.807) is 36.4 Å². The van der Waals surface area contributed by atoms with Crippen LogP contribution in [-0.2, 0) is 9.47 Å². The minimum Gasteiger partial charge on any atom is -0.494 e. The number of nitrogen functional groups attached to an aromatic ring is 2. The molecule has 0 aliphatic rings. The van der Waals surface area contributed by atoms with E-state index in [0.29, 0.717) is 71.2 Å². The van der Waals surface area contributed by atoms with Gasteiger partial charge in [0.1, 0.15) is 11.5 Å². The molecule has 0 saturated heterocycles. The Morgan fingerprint density at radius 1 is 0.361 bits per heavy atom. The number of benzene rings is 6. The van der Waals surface area contributed by atoms with Gasteiger partial charge < -0.3 is 30.4 Å².